The first-order valence-corrected chi connectivity index (χ1v) is 6.82. The van der Waals surface area contributed by atoms with E-state index >= 15 is 0 Å². The molecular formula is C13H21F2NO2. The summed E-state index contributed by atoms with van der Waals surface area (Å²) in [6.07, 6.45) is 3.35. The highest BCUT2D eigenvalue weighted by Crippen LogP contribution is 2.39. The summed E-state index contributed by atoms with van der Waals surface area (Å²) in [7, 11) is 0. The van der Waals surface area contributed by atoms with Crippen molar-refractivity contribution in [3.63, 3.8) is 0 Å². The molecule has 0 aromatic carbocycles. The number of rotatable bonds is 3. The van der Waals surface area contributed by atoms with Gasteiger partial charge in [-0.25, -0.2) is 8.78 Å². The van der Waals surface area contributed by atoms with Crippen LogP contribution in [0.1, 0.15) is 44.9 Å². The summed E-state index contributed by atoms with van der Waals surface area (Å²) in [6.45, 7) is 1.00. The van der Waals surface area contributed by atoms with Crippen molar-refractivity contribution in [1.29, 1.82) is 0 Å². The van der Waals surface area contributed by atoms with Crippen LogP contribution in [0, 0.1) is 5.41 Å². The molecule has 1 aliphatic carbocycles. The maximum absolute atomic E-state index is 13.0. The van der Waals surface area contributed by atoms with E-state index in [1.165, 1.54) is 19.3 Å². The third kappa shape index (κ3) is 2.51. The fourth-order valence-corrected chi connectivity index (χ4v) is 3.26. The van der Waals surface area contributed by atoms with E-state index in [1.54, 1.807) is 0 Å². The van der Waals surface area contributed by atoms with Crippen molar-refractivity contribution in [1.82, 2.24) is 4.90 Å². The van der Waals surface area contributed by atoms with Crippen LogP contribution in [-0.2, 0) is 4.79 Å². The lowest BCUT2D eigenvalue weighted by atomic mass is 9.78. The average molecular weight is 261 g/mol. The number of halogens is 2. The van der Waals surface area contributed by atoms with Gasteiger partial charge in [-0.15, -0.1) is 0 Å². The standard InChI is InChI=1S/C13H21F2NO2/c14-11(15)13(12(17)18)6-8-16(9-7-13)10-4-2-1-3-5-10/h10-11H,1-9H2,(H,17,18). The minimum Gasteiger partial charge on any atom is -0.481 e. The van der Waals surface area contributed by atoms with Crippen molar-refractivity contribution in [2.24, 2.45) is 5.41 Å². The average Bonchev–Trinajstić information content (AvgIpc) is 2.39. The van der Waals surface area contributed by atoms with E-state index in [9.17, 15) is 13.6 Å². The molecule has 0 spiro atoms. The van der Waals surface area contributed by atoms with Crippen LogP contribution in [0.2, 0.25) is 0 Å². The molecule has 1 heterocycles. The van der Waals surface area contributed by atoms with Crippen LogP contribution in [0.15, 0.2) is 0 Å². The second-order valence-electron chi connectivity index (χ2n) is 5.59. The predicted octanol–water partition coefficient (Wildman–Crippen LogP) is 2.75. The van der Waals surface area contributed by atoms with E-state index in [-0.39, 0.29) is 12.8 Å². The summed E-state index contributed by atoms with van der Waals surface area (Å²) >= 11 is 0. The first kappa shape index (κ1) is 13.7. The van der Waals surface area contributed by atoms with Crippen molar-refractivity contribution in [2.75, 3.05) is 13.1 Å². The molecule has 2 fully saturated rings. The van der Waals surface area contributed by atoms with Crippen LogP contribution in [0.3, 0.4) is 0 Å². The number of carboxylic acids is 1. The molecule has 0 amide bonds. The summed E-state index contributed by atoms with van der Waals surface area (Å²) in [5.74, 6) is -1.33. The highest BCUT2D eigenvalue weighted by Gasteiger charge is 2.49. The zero-order chi connectivity index (χ0) is 13.2. The smallest absolute Gasteiger partial charge is 0.315 e. The molecule has 18 heavy (non-hydrogen) atoms. The molecule has 2 aliphatic rings. The van der Waals surface area contributed by atoms with E-state index < -0.39 is 17.8 Å². The third-order valence-electron chi connectivity index (χ3n) is 4.62. The lowest BCUT2D eigenvalue weighted by molar-refractivity contribution is -0.165. The van der Waals surface area contributed by atoms with Gasteiger partial charge in [-0.2, -0.15) is 0 Å². The van der Waals surface area contributed by atoms with Gasteiger partial charge in [-0.3, -0.25) is 4.79 Å². The fraction of sp³-hybridized carbons (Fsp3) is 0.923. The van der Waals surface area contributed by atoms with Crippen LogP contribution in [0.5, 0.6) is 0 Å². The largest absolute Gasteiger partial charge is 0.481 e. The van der Waals surface area contributed by atoms with Gasteiger partial charge in [0.1, 0.15) is 5.41 Å². The fourth-order valence-electron chi connectivity index (χ4n) is 3.26. The highest BCUT2D eigenvalue weighted by molar-refractivity contribution is 5.75. The molecule has 104 valence electrons. The quantitative estimate of drug-likeness (QED) is 0.849. The Hall–Kier alpha value is -0.710. The van der Waals surface area contributed by atoms with Crippen LogP contribution in [0.4, 0.5) is 8.78 Å². The molecule has 0 bridgehead atoms. The number of nitrogens with zero attached hydrogens (tertiary/aromatic N) is 1. The first-order valence-electron chi connectivity index (χ1n) is 6.82. The van der Waals surface area contributed by atoms with E-state index in [4.69, 9.17) is 5.11 Å². The molecule has 0 radical (unpaired) electrons. The number of likely N-dealkylation sites (tertiary alicyclic amines) is 1. The summed E-state index contributed by atoms with van der Waals surface area (Å²) < 4.78 is 26.0. The topological polar surface area (TPSA) is 40.5 Å². The zero-order valence-electron chi connectivity index (χ0n) is 10.6. The Morgan fingerprint density at radius 2 is 1.72 bits per heavy atom. The Morgan fingerprint density at radius 3 is 2.17 bits per heavy atom. The van der Waals surface area contributed by atoms with Crippen molar-refractivity contribution < 1.29 is 18.7 Å². The maximum atomic E-state index is 13.0. The van der Waals surface area contributed by atoms with Crippen LogP contribution < -0.4 is 0 Å². The molecule has 0 atom stereocenters. The monoisotopic (exact) mass is 261 g/mol. The van der Waals surface area contributed by atoms with Gasteiger partial charge in [-0.05, 0) is 38.8 Å². The number of piperidine rings is 1. The van der Waals surface area contributed by atoms with Crippen molar-refractivity contribution >= 4 is 5.97 Å². The lowest BCUT2D eigenvalue weighted by Crippen LogP contribution is -2.51. The minimum absolute atomic E-state index is 0.0799. The maximum Gasteiger partial charge on any atom is 0.315 e. The van der Waals surface area contributed by atoms with Gasteiger partial charge in [0.05, 0.1) is 0 Å². The first-order chi connectivity index (χ1) is 8.56. The molecule has 1 saturated heterocycles. The Morgan fingerprint density at radius 1 is 1.17 bits per heavy atom. The van der Waals surface area contributed by atoms with Crippen molar-refractivity contribution in [2.45, 2.75) is 57.4 Å². The van der Waals surface area contributed by atoms with E-state index in [0.717, 1.165) is 12.8 Å². The molecule has 0 aromatic rings. The van der Waals surface area contributed by atoms with Gasteiger partial charge in [-0.1, -0.05) is 19.3 Å². The summed E-state index contributed by atoms with van der Waals surface area (Å²) in [5.41, 5.74) is -1.80. The Labute approximate surface area is 106 Å². The van der Waals surface area contributed by atoms with E-state index in [2.05, 4.69) is 4.90 Å². The Balaban J connectivity index is 1.95. The van der Waals surface area contributed by atoms with Gasteiger partial charge in [0.2, 0.25) is 0 Å². The zero-order valence-corrected chi connectivity index (χ0v) is 10.6. The van der Waals surface area contributed by atoms with Crippen molar-refractivity contribution in [3.8, 4) is 0 Å². The second kappa shape index (κ2) is 5.51. The van der Waals surface area contributed by atoms with Gasteiger partial charge in [0.15, 0.2) is 0 Å². The lowest BCUT2D eigenvalue weighted by Gasteiger charge is -2.42. The molecule has 2 rings (SSSR count). The predicted molar refractivity (Wildman–Crippen MR) is 63.8 cm³/mol. The van der Waals surface area contributed by atoms with Gasteiger partial charge in [0, 0.05) is 6.04 Å². The summed E-state index contributed by atoms with van der Waals surface area (Å²) in [5, 5.41) is 9.06. The van der Waals surface area contributed by atoms with Crippen LogP contribution >= 0.6 is 0 Å². The number of alkyl halides is 2. The molecule has 3 nitrogen and oxygen atoms in total. The van der Waals surface area contributed by atoms with Crippen LogP contribution in [0.25, 0.3) is 0 Å². The van der Waals surface area contributed by atoms with Crippen molar-refractivity contribution in [3.05, 3.63) is 0 Å². The number of aliphatic carboxylic acids is 1. The normalized spacial score (nSPS) is 26.4. The highest BCUT2D eigenvalue weighted by atomic mass is 19.3. The van der Waals surface area contributed by atoms with E-state index in [0.29, 0.717) is 19.1 Å². The Bertz CT molecular complexity index is 295. The molecule has 1 saturated carbocycles. The number of hydrogen-bond acceptors (Lipinski definition) is 2. The number of hydrogen-bond donors (Lipinski definition) is 1. The van der Waals surface area contributed by atoms with Gasteiger partial charge >= 0.3 is 5.97 Å². The summed E-state index contributed by atoms with van der Waals surface area (Å²) in [4.78, 5) is 13.3. The molecular weight excluding hydrogens is 240 g/mol. The van der Waals surface area contributed by atoms with Crippen LogP contribution in [-0.4, -0.2) is 41.5 Å². The SMILES string of the molecule is O=C(O)C1(C(F)F)CCN(C2CCCCC2)CC1. The van der Waals surface area contributed by atoms with E-state index in [1.807, 2.05) is 0 Å². The number of carboxylic acid groups (broad SMARTS) is 1. The molecule has 0 aromatic heterocycles. The molecule has 0 unspecified atom stereocenters. The third-order valence-corrected chi connectivity index (χ3v) is 4.62. The molecule has 1 aliphatic heterocycles. The molecule has 1 N–H and O–H groups in total. The second-order valence-corrected chi connectivity index (χ2v) is 5.59. The Kier molecular flexibility index (Phi) is 4.20. The van der Waals surface area contributed by atoms with Gasteiger partial charge in [0.25, 0.3) is 6.43 Å². The number of carbonyl (C=O) groups is 1. The summed E-state index contributed by atoms with van der Waals surface area (Å²) in [6, 6.07) is 0.489. The van der Waals surface area contributed by atoms with Gasteiger partial charge < -0.3 is 10.0 Å². The minimum atomic E-state index is -2.76. The molecule has 5 heteroatoms.